The van der Waals surface area contributed by atoms with Crippen molar-refractivity contribution in [1.29, 1.82) is 0 Å². The van der Waals surface area contributed by atoms with Gasteiger partial charge < -0.3 is 5.32 Å². The Hall–Kier alpha value is -0.0600. The van der Waals surface area contributed by atoms with E-state index in [0.717, 1.165) is 34.6 Å². The normalized spacial score (nSPS) is 23.7. The first kappa shape index (κ1) is 15.3. The summed E-state index contributed by atoms with van der Waals surface area (Å²) in [5.41, 5.74) is 0.641. The number of nitrogens with one attached hydrogen (secondary N) is 1. The molecule has 2 unspecified atom stereocenters. The zero-order chi connectivity index (χ0) is 13.8. The number of alkyl halides is 1. The van der Waals surface area contributed by atoms with Crippen LogP contribution in [-0.4, -0.2) is 17.3 Å². The summed E-state index contributed by atoms with van der Waals surface area (Å²) >= 11 is 13.2. The van der Waals surface area contributed by atoms with Crippen LogP contribution < -0.4 is 5.32 Å². The molecule has 0 heterocycles. The Labute approximate surface area is 135 Å². The molecule has 1 aromatic rings. The number of amides is 1. The highest BCUT2D eigenvalue weighted by atomic mass is 79.9. The summed E-state index contributed by atoms with van der Waals surface area (Å²) in [4.78, 5) is 12.3. The van der Waals surface area contributed by atoms with E-state index in [-0.39, 0.29) is 17.3 Å². The second-order valence-electron chi connectivity index (χ2n) is 4.86. The lowest BCUT2D eigenvalue weighted by molar-refractivity contribution is 0.0933. The fourth-order valence-electron chi connectivity index (χ4n) is 2.34. The lowest BCUT2D eigenvalue weighted by atomic mass is 10.1. The van der Waals surface area contributed by atoms with Crippen LogP contribution in [0.5, 0.6) is 0 Å². The maximum atomic E-state index is 12.3. The highest BCUT2D eigenvalue weighted by Gasteiger charge is 2.24. The Bertz CT molecular complexity index is 467. The molecule has 1 aromatic carbocycles. The van der Waals surface area contributed by atoms with Crippen LogP contribution >= 0.6 is 43.5 Å². The summed E-state index contributed by atoms with van der Waals surface area (Å²) in [5.74, 6) is -0.0641. The van der Waals surface area contributed by atoms with Crippen molar-refractivity contribution >= 4 is 49.4 Å². The van der Waals surface area contributed by atoms with Gasteiger partial charge in [0.05, 0.1) is 10.9 Å². The van der Waals surface area contributed by atoms with Crippen molar-refractivity contribution in [2.24, 2.45) is 0 Å². The SMILES string of the molecule is O=C(NC1CCCCCC1Cl)c1cc(Br)ccc1Br. The molecular weight excluding hydrogens is 393 g/mol. The molecule has 19 heavy (non-hydrogen) atoms. The van der Waals surface area contributed by atoms with Crippen LogP contribution in [0.2, 0.25) is 0 Å². The zero-order valence-corrected chi connectivity index (χ0v) is 14.4. The molecule has 2 nitrogen and oxygen atoms in total. The Morgan fingerprint density at radius 2 is 1.95 bits per heavy atom. The van der Waals surface area contributed by atoms with E-state index in [1.54, 1.807) is 0 Å². The number of hydrogen-bond acceptors (Lipinski definition) is 1. The molecule has 2 atom stereocenters. The lowest BCUT2D eigenvalue weighted by Gasteiger charge is -2.21. The molecule has 104 valence electrons. The van der Waals surface area contributed by atoms with E-state index in [1.807, 2.05) is 18.2 Å². The fourth-order valence-corrected chi connectivity index (χ4v) is 3.47. The predicted octanol–water partition coefficient (Wildman–Crippen LogP) is 4.88. The topological polar surface area (TPSA) is 29.1 Å². The van der Waals surface area contributed by atoms with Crippen molar-refractivity contribution < 1.29 is 4.79 Å². The van der Waals surface area contributed by atoms with E-state index < -0.39 is 0 Å². The van der Waals surface area contributed by atoms with Gasteiger partial charge in [0.1, 0.15) is 0 Å². The molecule has 0 saturated heterocycles. The van der Waals surface area contributed by atoms with Gasteiger partial charge in [-0.15, -0.1) is 11.6 Å². The summed E-state index contributed by atoms with van der Waals surface area (Å²) in [5, 5.41) is 3.11. The highest BCUT2D eigenvalue weighted by molar-refractivity contribution is 9.11. The van der Waals surface area contributed by atoms with Crippen molar-refractivity contribution in [1.82, 2.24) is 5.32 Å². The first-order valence-corrected chi connectivity index (χ1v) is 8.50. The number of halogens is 3. The second kappa shape index (κ2) is 7.09. The van der Waals surface area contributed by atoms with Gasteiger partial charge in [0, 0.05) is 15.0 Å². The average Bonchev–Trinajstić information content (AvgIpc) is 2.58. The van der Waals surface area contributed by atoms with E-state index in [1.165, 1.54) is 6.42 Å². The molecule has 0 spiro atoms. The third-order valence-electron chi connectivity index (χ3n) is 3.42. The predicted molar refractivity (Wildman–Crippen MR) is 85.8 cm³/mol. The van der Waals surface area contributed by atoms with Crippen LogP contribution in [0, 0.1) is 0 Å². The number of hydrogen-bond donors (Lipinski definition) is 1. The molecule has 1 N–H and O–H groups in total. The van der Waals surface area contributed by atoms with Gasteiger partial charge in [-0.3, -0.25) is 4.79 Å². The first-order chi connectivity index (χ1) is 9.08. The Balaban J connectivity index is 2.09. The Kier molecular flexibility index (Phi) is 5.72. The fraction of sp³-hybridized carbons (Fsp3) is 0.500. The zero-order valence-electron chi connectivity index (χ0n) is 10.5. The van der Waals surface area contributed by atoms with Gasteiger partial charge in [-0.2, -0.15) is 0 Å². The van der Waals surface area contributed by atoms with Crippen LogP contribution in [0.15, 0.2) is 27.1 Å². The molecule has 5 heteroatoms. The second-order valence-corrected chi connectivity index (χ2v) is 7.19. The third-order valence-corrected chi connectivity index (χ3v) is 5.13. The van der Waals surface area contributed by atoms with Crippen LogP contribution in [0.25, 0.3) is 0 Å². The minimum atomic E-state index is -0.0641. The molecule has 0 radical (unpaired) electrons. The van der Waals surface area contributed by atoms with Crippen molar-refractivity contribution in [3.63, 3.8) is 0 Å². The van der Waals surface area contributed by atoms with Crippen LogP contribution in [0.4, 0.5) is 0 Å². The van der Waals surface area contributed by atoms with Gasteiger partial charge in [0.15, 0.2) is 0 Å². The Morgan fingerprint density at radius 1 is 1.21 bits per heavy atom. The number of carbonyl (C=O) groups is 1. The van der Waals surface area contributed by atoms with Crippen LogP contribution in [0.1, 0.15) is 42.5 Å². The molecule has 2 rings (SSSR count). The molecule has 1 aliphatic rings. The van der Waals surface area contributed by atoms with E-state index in [4.69, 9.17) is 11.6 Å². The molecule has 1 fully saturated rings. The van der Waals surface area contributed by atoms with Crippen molar-refractivity contribution in [3.8, 4) is 0 Å². The Morgan fingerprint density at radius 3 is 2.74 bits per heavy atom. The van der Waals surface area contributed by atoms with Crippen molar-refractivity contribution in [2.75, 3.05) is 0 Å². The monoisotopic (exact) mass is 407 g/mol. The van der Waals surface area contributed by atoms with E-state index in [2.05, 4.69) is 37.2 Å². The highest BCUT2D eigenvalue weighted by Crippen LogP contribution is 2.25. The molecular formula is C14H16Br2ClNO. The van der Waals surface area contributed by atoms with Crippen LogP contribution in [-0.2, 0) is 0 Å². The maximum absolute atomic E-state index is 12.3. The van der Waals surface area contributed by atoms with E-state index in [9.17, 15) is 4.79 Å². The molecule has 0 aromatic heterocycles. The van der Waals surface area contributed by atoms with Gasteiger partial charge in [-0.25, -0.2) is 0 Å². The van der Waals surface area contributed by atoms with E-state index in [0.29, 0.717) is 5.56 Å². The summed E-state index contributed by atoms with van der Waals surface area (Å²) in [6, 6.07) is 5.66. The van der Waals surface area contributed by atoms with Gasteiger partial charge in [-0.1, -0.05) is 35.2 Å². The van der Waals surface area contributed by atoms with Gasteiger partial charge in [-0.05, 0) is 47.0 Å². The third kappa shape index (κ3) is 4.20. The molecule has 1 aliphatic carbocycles. The summed E-state index contributed by atoms with van der Waals surface area (Å²) in [7, 11) is 0. The van der Waals surface area contributed by atoms with Crippen molar-refractivity contribution in [2.45, 2.75) is 43.5 Å². The molecule has 0 bridgehead atoms. The van der Waals surface area contributed by atoms with Gasteiger partial charge in [0.2, 0.25) is 0 Å². The minimum absolute atomic E-state index is 0.0392. The van der Waals surface area contributed by atoms with E-state index >= 15 is 0 Å². The lowest BCUT2D eigenvalue weighted by Crippen LogP contribution is -2.40. The quantitative estimate of drug-likeness (QED) is 0.547. The van der Waals surface area contributed by atoms with Gasteiger partial charge >= 0.3 is 0 Å². The summed E-state index contributed by atoms with van der Waals surface area (Å²) in [6.07, 6.45) is 5.43. The molecule has 0 aliphatic heterocycles. The van der Waals surface area contributed by atoms with Gasteiger partial charge in [0.25, 0.3) is 5.91 Å². The maximum Gasteiger partial charge on any atom is 0.252 e. The molecule has 1 amide bonds. The summed E-state index contributed by atoms with van der Waals surface area (Å²) in [6.45, 7) is 0. The number of rotatable bonds is 2. The average molecular weight is 410 g/mol. The van der Waals surface area contributed by atoms with Crippen molar-refractivity contribution in [3.05, 3.63) is 32.7 Å². The number of carbonyl (C=O) groups excluding carboxylic acids is 1. The van der Waals surface area contributed by atoms with Crippen LogP contribution in [0.3, 0.4) is 0 Å². The minimum Gasteiger partial charge on any atom is -0.348 e. The first-order valence-electron chi connectivity index (χ1n) is 6.48. The number of benzene rings is 1. The smallest absolute Gasteiger partial charge is 0.252 e. The molecule has 1 saturated carbocycles. The largest absolute Gasteiger partial charge is 0.348 e. The summed E-state index contributed by atoms with van der Waals surface area (Å²) < 4.78 is 1.69. The standard InChI is InChI=1S/C14H16Br2ClNO/c15-9-6-7-11(16)10(8-9)14(19)18-13-5-3-1-2-4-12(13)17/h6-8,12-13H,1-5H2,(H,18,19).